The second-order valence-corrected chi connectivity index (χ2v) is 8.33. The molecule has 1 amide bonds. The zero-order valence-corrected chi connectivity index (χ0v) is 19.7. The summed E-state index contributed by atoms with van der Waals surface area (Å²) in [6.07, 6.45) is 2.46. The molecule has 0 saturated carbocycles. The van der Waals surface area contributed by atoms with Gasteiger partial charge in [0.2, 0.25) is 5.75 Å². The van der Waals surface area contributed by atoms with Crippen LogP contribution in [0.1, 0.15) is 34.3 Å². The summed E-state index contributed by atoms with van der Waals surface area (Å²) < 4.78 is 17.9. The number of likely N-dealkylation sites (tertiary alicyclic amines) is 1. The molecule has 1 saturated heterocycles. The molecule has 178 valence electrons. The average Bonchev–Trinajstić information content (AvgIpc) is 3.40. The Morgan fingerprint density at radius 1 is 0.824 bits per heavy atom. The lowest BCUT2D eigenvalue weighted by atomic mass is 10.1. The van der Waals surface area contributed by atoms with Gasteiger partial charge in [0.1, 0.15) is 13.2 Å². The third-order valence-corrected chi connectivity index (χ3v) is 5.90. The van der Waals surface area contributed by atoms with Gasteiger partial charge in [-0.15, -0.1) is 0 Å². The fraction of sp³-hybridized carbons (Fsp3) is 0.321. The molecule has 1 heterocycles. The van der Waals surface area contributed by atoms with E-state index in [1.54, 1.807) is 19.2 Å². The van der Waals surface area contributed by atoms with Crippen molar-refractivity contribution >= 4 is 5.91 Å². The van der Waals surface area contributed by atoms with Crippen LogP contribution in [0, 0.1) is 0 Å². The van der Waals surface area contributed by atoms with Gasteiger partial charge in [0.25, 0.3) is 5.91 Å². The first kappa shape index (κ1) is 23.6. The largest absolute Gasteiger partial charge is 0.492 e. The van der Waals surface area contributed by atoms with E-state index in [1.807, 2.05) is 60.7 Å². The van der Waals surface area contributed by atoms with Crippen molar-refractivity contribution in [1.29, 1.82) is 0 Å². The van der Waals surface area contributed by atoms with Crippen molar-refractivity contribution in [3.8, 4) is 17.2 Å². The van der Waals surface area contributed by atoms with Crippen molar-refractivity contribution in [1.82, 2.24) is 10.2 Å². The molecular formula is C28H32N2O4. The molecule has 1 aliphatic heterocycles. The van der Waals surface area contributed by atoms with E-state index in [0.717, 1.165) is 30.8 Å². The maximum Gasteiger partial charge on any atom is 0.255 e. The molecule has 0 aliphatic carbocycles. The van der Waals surface area contributed by atoms with E-state index >= 15 is 0 Å². The number of carbonyl (C=O) groups is 1. The third kappa shape index (κ3) is 6.29. The van der Waals surface area contributed by atoms with E-state index in [1.165, 1.54) is 12.8 Å². The first-order chi connectivity index (χ1) is 16.7. The molecule has 0 aromatic heterocycles. The molecular weight excluding hydrogens is 428 g/mol. The number of nitrogens with one attached hydrogen (secondary N) is 1. The van der Waals surface area contributed by atoms with Crippen LogP contribution >= 0.6 is 0 Å². The molecule has 0 spiro atoms. The molecule has 0 bridgehead atoms. The van der Waals surface area contributed by atoms with Crippen LogP contribution in [-0.2, 0) is 13.2 Å². The van der Waals surface area contributed by atoms with Gasteiger partial charge in [-0.25, -0.2) is 0 Å². The molecule has 0 atom stereocenters. The van der Waals surface area contributed by atoms with Crippen LogP contribution in [0.15, 0.2) is 72.8 Å². The van der Waals surface area contributed by atoms with Crippen molar-refractivity contribution in [2.75, 3.05) is 33.3 Å². The fourth-order valence-electron chi connectivity index (χ4n) is 4.07. The number of hydrogen-bond acceptors (Lipinski definition) is 5. The maximum atomic E-state index is 13.0. The van der Waals surface area contributed by atoms with Crippen LogP contribution < -0.4 is 19.5 Å². The number of ether oxygens (including phenoxy) is 3. The van der Waals surface area contributed by atoms with Gasteiger partial charge in [0.05, 0.1) is 12.7 Å². The average molecular weight is 461 g/mol. The van der Waals surface area contributed by atoms with Crippen LogP contribution in [0.4, 0.5) is 0 Å². The van der Waals surface area contributed by atoms with Crippen molar-refractivity contribution in [2.45, 2.75) is 26.1 Å². The highest BCUT2D eigenvalue weighted by Crippen LogP contribution is 2.41. The van der Waals surface area contributed by atoms with E-state index in [-0.39, 0.29) is 5.91 Å². The summed E-state index contributed by atoms with van der Waals surface area (Å²) in [4.78, 5) is 15.4. The predicted molar refractivity (Wildman–Crippen MR) is 133 cm³/mol. The Morgan fingerprint density at radius 2 is 1.44 bits per heavy atom. The van der Waals surface area contributed by atoms with Gasteiger partial charge in [-0.1, -0.05) is 60.7 Å². The minimum Gasteiger partial charge on any atom is -0.492 e. The normalized spacial score (nSPS) is 13.4. The Bertz CT molecular complexity index is 1050. The summed E-state index contributed by atoms with van der Waals surface area (Å²) in [6, 6.07) is 23.3. The lowest BCUT2D eigenvalue weighted by Crippen LogP contribution is -2.33. The minimum absolute atomic E-state index is 0.185. The van der Waals surface area contributed by atoms with E-state index in [2.05, 4.69) is 10.2 Å². The molecule has 34 heavy (non-hydrogen) atoms. The molecule has 6 heteroatoms. The fourth-order valence-corrected chi connectivity index (χ4v) is 4.07. The Morgan fingerprint density at radius 3 is 2.06 bits per heavy atom. The molecule has 1 N–H and O–H groups in total. The maximum absolute atomic E-state index is 13.0. The molecule has 3 aromatic rings. The number of amides is 1. The zero-order valence-electron chi connectivity index (χ0n) is 19.7. The number of hydrogen-bond donors (Lipinski definition) is 1. The topological polar surface area (TPSA) is 60.0 Å². The number of benzene rings is 3. The SMILES string of the molecule is COc1c(C(=O)NCCN2CCCC2)ccc(OCc2ccccc2)c1OCc1ccccc1. The minimum atomic E-state index is -0.185. The second-order valence-electron chi connectivity index (χ2n) is 8.33. The van der Waals surface area contributed by atoms with Gasteiger partial charge < -0.3 is 24.4 Å². The number of rotatable bonds is 11. The number of nitrogens with zero attached hydrogens (tertiary/aromatic N) is 1. The van der Waals surface area contributed by atoms with Crippen molar-refractivity contribution in [3.63, 3.8) is 0 Å². The molecule has 4 rings (SSSR count). The van der Waals surface area contributed by atoms with E-state index in [4.69, 9.17) is 14.2 Å². The molecule has 1 fully saturated rings. The highest BCUT2D eigenvalue weighted by molar-refractivity contribution is 5.98. The van der Waals surface area contributed by atoms with Crippen LogP contribution in [-0.4, -0.2) is 44.1 Å². The van der Waals surface area contributed by atoms with E-state index in [0.29, 0.717) is 42.6 Å². The monoisotopic (exact) mass is 460 g/mol. The quantitative estimate of drug-likeness (QED) is 0.450. The lowest BCUT2D eigenvalue weighted by molar-refractivity contribution is 0.0945. The van der Waals surface area contributed by atoms with Crippen LogP contribution in [0.25, 0.3) is 0 Å². The van der Waals surface area contributed by atoms with Gasteiger partial charge >= 0.3 is 0 Å². The highest BCUT2D eigenvalue weighted by atomic mass is 16.5. The summed E-state index contributed by atoms with van der Waals surface area (Å²) in [5.41, 5.74) is 2.48. The summed E-state index contributed by atoms with van der Waals surface area (Å²) >= 11 is 0. The van der Waals surface area contributed by atoms with Gasteiger partial charge in [-0.2, -0.15) is 0 Å². The Labute approximate surface area is 201 Å². The summed E-state index contributed by atoms with van der Waals surface area (Å²) in [6.45, 7) is 4.36. The molecule has 1 aliphatic rings. The van der Waals surface area contributed by atoms with Crippen LogP contribution in [0.5, 0.6) is 17.2 Å². The smallest absolute Gasteiger partial charge is 0.255 e. The summed E-state index contributed by atoms with van der Waals surface area (Å²) in [7, 11) is 1.55. The zero-order chi connectivity index (χ0) is 23.6. The van der Waals surface area contributed by atoms with E-state index < -0.39 is 0 Å². The van der Waals surface area contributed by atoms with Crippen molar-refractivity contribution in [2.24, 2.45) is 0 Å². The molecule has 3 aromatic carbocycles. The third-order valence-electron chi connectivity index (χ3n) is 5.90. The van der Waals surface area contributed by atoms with Crippen LogP contribution in [0.3, 0.4) is 0 Å². The van der Waals surface area contributed by atoms with Crippen molar-refractivity contribution in [3.05, 3.63) is 89.5 Å². The lowest BCUT2D eigenvalue weighted by Gasteiger charge is -2.19. The standard InChI is InChI=1S/C28H32N2O4/c1-32-26-24(28(31)29-16-19-30-17-8-9-18-30)14-15-25(33-20-22-10-4-2-5-11-22)27(26)34-21-23-12-6-3-7-13-23/h2-7,10-15H,8-9,16-21H2,1H3,(H,29,31). The summed E-state index contributed by atoms with van der Waals surface area (Å²) in [5, 5.41) is 3.02. The summed E-state index contributed by atoms with van der Waals surface area (Å²) in [5.74, 6) is 1.15. The first-order valence-corrected chi connectivity index (χ1v) is 11.8. The number of carbonyl (C=O) groups excluding carboxylic acids is 1. The molecule has 6 nitrogen and oxygen atoms in total. The second kappa shape index (κ2) is 12.1. The predicted octanol–water partition coefficient (Wildman–Crippen LogP) is 4.68. The first-order valence-electron chi connectivity index (χ1n) is 11.8. The van der Waals surface area contributed by atoms with E-state index in [9.17, 15) is 4.79 Å². The van der Waals surface area contributed by atoms with Crippen molar-refractivity contribution < 1.29 is 19.0 Å². The molecule has 0 radical (unpaired) electrons. The number of methoxy groups -OCH3 is 1. The molecule has 0 unspecified atom stereocenters. The van der Waals surface area contributed by atoms with Gasteiger partial charge in [0, 0.05) is 13.1 Å². The van der Waals surface area contributed by atoms with Gasteiger partial charge in [-0.3, -0.25) is 4.79 Å². The Hall–Kier alpha value is -3.51. The Kier molecular flexibility index (Phi) is 8.41. The van der Waals surface area contributed by atoms with Gasteiger partial charge in [-0.05, 0) is 49.2 Å². The highest BCUT2D eigenvalue weighted by Gasteiger charge is 2.22. The van der Waals surface area contributed by atoms with Crippen LogP contribution in [0.2, 0.25) is 0 Å². The Balaban J connectivity index is 1.52. The van der Waals surface area contributed by atoms with Gasteiger partial charge in [0.15, 0.2) is 11.5 Å².